The van der Waals surface area contributed by atoms with Crippen LogP contribution in [0.15, 0.2) is 30.6 Å². The molecule has 4 nitrogen and oxygen atoms in total. The van der Waals surface area contributed by atoms with Gasteiger partial charge in [0.05, 0.1) is 0 Å². The van der Waals surface area contributed by atoms with E-state index in [0.29, 0.717) is 0 Å². The third-order valence-corrected chi connectivity index (χ3v) is 3.92. The molecule has 0 saturated heterocycles. The van der Waals surface area contributed by atoms with Crippen molar-refractivity contribution in [3.8, 4) is 0 Å². The third-order valence-electron chi connectivity index (χ3n) is 1.85. The molecular weight excluding hydrogens is 243 g/mol. The Hall–Kier alpha value is -1.28. The van der Waals surface area contributed by atoms with Crippen molar-refractivity contribution in [1.29, 1.82) is 0 Å². The van der Waals surface area contributed by atoms with E-state index < -0.39 is 16.0 Å². The standard InChI is InChI=1S/C9H9AsN2O2/c1-14-9(13)10-12-6-11-7-4-2-3-5-8(7)12/h2-6,10H,1H3. The summed E-state index contributed by atoms with van der Waals surface area (Å²) in [4.78, 5) is 15.3. The van der Waals surface area contributed by atoms with Gasteiger partial charge in [-0.05, 0) is 0 Å². The van der Waals surface area contributed by atoms with Crippen molar-refractivity contribution in [1.82, 2.24) is 8.47 Å². The number of methoxy groups -OCH3 is 1. The predicted molar refractivity (Wildman–Crippen MR) is 54.7 cm³/mol. The van der Waals surface area contributed by atoms with Crippen LogP contribution in [0.5, 0.6) is 0 Å². The van der Waals surface area contributed by atoms with Gasteiger partial charge < -0.3 is 0 Å². The second-order valence-corrected chi connectivity index (χ2v) is 5.04. The molecule has 0 amide bonds. The summed E-state index contributed by atoms with van der Waals surface area (Å²) >= 11 is -0.946. The van der Waals surface area contributed by atoms with E-state index in [1.165, 1.54) is 7.11 Å². The summed E-state index contributed by atoms with van der Waals surface area (Å²) in [5, 5.41) is 0. The van der Waals surface area contributed by atoms with Crippen LogP contribution in [-0.4, -0.2) is 36.3 Å². The van der Waals surface area contributed by atoms with Crippen LogP contribution in [0.25, 0.3) is 11.0 Å². The summed E-state index contributed by atoms with van der Waals surface area (Å²) in [6.45, 7) is 0. The fourth-order valence-electron chi connectivity index (χ4n) is 1.19. The Kier molecular flexibility index (Phi) is 2.55. The Morgan fingerprint density at radius 2 is 2.29 bits per heavy atom. The van der Waals surface area contributed by atoms with Crippen molar-refractivity contribution in [3.63, 3.8) is 0 Å². The maximum atomic E-state index is 11.1. The molecule has 1 aromatic heterocycles. The van der Waals surface area contributed by atoms with E-state index in [0.717, 1.165) is 11.0 Å². The molecule has 0 fully saturated rings. The summed E-state index contributed by atoms with van der Waals surface area (Å²) in [5.41, 5.74) is 1.91. The molecule has 14 heavy (non-hydrogen) atoms. The average molecular weight is 252 g/mol. The molecule has 0 N–H and O–H groups in total. The number of imidazole rings is 1. The Labute approximate surface area is 87.8 Å². The van der Waals surface area contributed by atoms with E-state index in [1.807, 2.05) is 27.7 Å². The van der Waals surface area contributed by atoms with Gasteiger partial charge in [0.1, 0.15) is 0 Å². The molecule has 2 aromatic rings. The Bertz CT molecular complexity index is 467. The molecule has 5 heteroatoms. The summed E-state index contributed by atoms with van der Waals surface area (Å²) in [7, 11) is 1.41. The van der Waals surface area contributed by atoms with Crippen LogP contribution in [0.4, 0.5) is 4.79 Å². The van der Waals surface area contributed by atoms with Gasteiger partial charge in [0.15, 0.2) is 0 Å². The van der Waals surface area contributed by atoms with Crippen molar-refractivity contribution in [2.75, 3.05) is 7.11 Å². The summed E-state index contributed by atoms with van der Waals surface area (Å²) in [6.07, 6.45) is 1.70. The van der Waals surface area contributed by atoms with Gasteiger partial charge in [-0.3, -0.25) is 0 Å². The monoisotopic (exact) mass is 252 g/mol. The van der Waals surface area contributed by atoms with Crippen LogP contribution in [0.1, 0.15) is 0 Å². The zero-order valence-corrected chi connectivity index (χ0v) is 9.70. The van der Waals surface area contributed by atoms with Crippen LogP contribution < -0.4 is 0 Å². The molecule has 0 aliphatic rings. The number of benzene rings is 1. The Morgan fingerprint density at radius 1 is 1.50 bits per heavy atom. The molecule has 1 unspecified atom stereocenters. The summed E-state index contributed by atoms with van der Waals surface area (Å²) in [5.74, 6) is 0. The SMILES string of the molecule is COC(=O)[AsH]n1cnc2ccccc21. The number of carbonyl (C=O) groups excluding carboxylic acids is 1. The molecule has 2 rings (SSSR count). The van der Waals surface area contributed by atoms with Crippen molar-refractivity contribution >= 4 is 31.8 Å². The van der Waals surface area contributed by atoms with Crippen molar-refractivity contribution < 1.29 is 9.53 Å². The second kappa shape index (κ2) is 3.84. The van der Waals surface area contributed by atoms with Crippen LogP contribution >= 0.6 is 0 Å². The van der Waals surface area contributed by atoms with E-state index >= 15 is 0 Å². The molecule has 0 spiro atoms. The number of aromatic nitrogens is 2. The fraction of sp³-hybridized carbons (Fsp3) is 0.111. The van der Waals surface area contributed by atoms with Gasteiger partial charge in [0.25, 0.3) is 0 Å². The van der Waals surface area contributed by atoms with Gasteiger partial charge in [-0.2, -0.15) is 0 Å². The van der Waals surface area contributed by atoms with Gasteiger partial charge in [0, 0.05) is 0 Å². The first kappa shape index (κ1) is 9.28. The summed E-state index contributed by atoms with van der Waals surface area (Å²) in [6, 6.07) is 7.74. The fourth-order valence-corrected chi connectivity index (χ4v) is 2.69. The predicted octanol–water partition coefficient (Wildman–Crippen LogP) is 1.00. The molecule has 72 valence electrons. The van der Waals surface area contributed by atoms with E-state index in [9.17, 15) is 4.79 Å². The Morgan fingerprint density at radius 3 is 3.07 bits per heavy atom. The molecular formula is C9H9AsN2O2. The van der Waals surface area contributed by atoms with Crippen molar-refractivity contribution in [2.45, 2.75) is 0 Å². The first-order valence-corrected chi connectivity index (χ1v) is 6.07. The summed E-state index contributed by atoms with van der Waals surface area (Å²) < 4.78 is 6.39. The number of para-hydroxylation sites is 2. The van der Waals surface area contributed by atoms with Gasteiger partial charge in [-0.25, -0.2) is 0 Å². The van der Waals surface area contributed by atoms with E-state index in [-0.39, 0.29) is 4.76 Å². The number of carbonyl (C=O) groups is 1. The molecule has 1 atom stereocenters. The first-order chi connectivity index (χ1) is 6.81. The van der Waals surface area contributed by atoms with E-state index in [1.54, 1.807) is 6.33 Å². The molecule has 0 aliphatic carbocycles. The number of fused-ring (bicyclic) bond motifs is 1. The number of hydrogen-bond acceptors (Lipinski definition) is 3. The molecule has 0 saturated carbocycles. The van der Waals surface area contributed by atoms with Crippen molar-refractivity contribution in [3.05, 3.63) is 30.6 Å². The Balaban J connectivity index is 2.38. The molecule has 0 bridgehead atoms. The van der Waals surface area contributed by atoms with Crippen LogP contribution in [0, 0.1) is 0 Å². The van der Waals surface area contributed by atoms with Crippen LogP contribution in [0.3, 0.4) is 0 Å². The normalized spacial score (nSPS) is 11.2. The van der Waals surface area contributed by atoms with Gasteiger partial charge in [-0.15, -0.1) is 0 Å². The molecule has 0 aliphatic heterocycles. The molecule has 0 radical (unpaired) electrons. The maximum absolute atomic E-state index is 11.1. The van der Waals surface area contributed by atoms with E-state index in [4.69, 9.17) is 0 Å². The number of ether oxygens (including phenoxy) is 1. The molecule has 1 aromatic carbocycles. The molecule has 1 heterocycles. The van der Waals surface area contributed by atoms with Gasteiger partial charge in [-0.1, -0.05) is 0 Å². The topological polar surface area (TPSA) is 44.1 Å². The zero-order chi connectivity index (χ0) is 9.97. The van der Waals surface area contributed by atoms with Crippen molar-refractivity contribution in [2.24, 2.45) is 0 Å². The second-order valence-electron chi connectivity index (χ2n) is 2.71. The minimum atomic E-state index is -0.946. The minimum absolute atomic E-state index is 0.145. The van der Waals surface area contributed by atoms with Gasteiger partial charge >= 0.3 is 87.5 Å². The quantitative estimate of drug-likeness (QED) is 0.749. The van der Waals surface area contributed by atoms with Gasteiger partial charge in [0.2, 0.25) is 0 Å². The number of rotatable bonds is 2. The first-order valence-electron chi connectivity index (χ1n) is 4.08. The van der Waals surface area contributed by atoms with Crippen LogP contribution in [0.2, 0.25) is 0 Å². The van der Waals surface area contributed by atoms with E-state index in [2.05, 4.69) is 9.72 Å². The third kappa shape index (κ3) is 1.66. The number of hydrogen-bond donors (Lipinski definition) is 0. The average Bonchev–Trinajstić information content (AvgIpc) is 2.62. The van der Waals surface area contributed by atoms with Crippen LogP contribution in [-0.2, 0) is 4.74 Å². The zero-order valence-electron chi connectivity index (χ0n) is 7.60. The number of nitrogens with zero attached hydrogens (tertiary/aromatic N) is 2.